The van der Waals surface area contributed by atoms with Crippen LogP contribution >= 0.6 is 0 Å². The summed E-state index contributed by atoms with van der Waals surface area (Å²) in [6.45, 7) is 18.5. The van der Waals surface area contributed by atoms with Gasteiger partial charge in [0.1, 0.15) is 5.58 Å². The molecular weight excluding hydrogens is 1070 g/mol. The molecule has 0 spiro atoms. The predicted molar refractivity (Wildman–Crippen MR) is 374 cm³/mol. The van der Waals surface area contributed by atoms with E-state index in [0.717, 1.165) is 84.3 Å². The third kappa shape index (κ3) is 8.50. The first-order valence-corrected chi connectivity index (χ1v) is 31.1. The zero-order valence-electron chi connectivity index (χ0n) is 51.2. The molecule has 0 unspecified atom stereocenters. The van der Waals surface area contributed by atoms with E-state index in [1.165, 1.54) is 72.0 Å². The average molecular weight is 1130 g/mol. The Morgan fingerprint density at radius 3 is 1.72 bits per heavy atom. The molecule has 424 valence electrons. The maximum atomic E-state index is 7.01. The summed E-state index contributed by atoms with van der Waals surface area (Å²) in [5.41, 5.74) is 30.1. The minimum absolute atomic E-state index is 0.0147. The molecule has 0 N–H and O–H groups in total. The molecule has 0 amide bonds. The van der Waals surface area contributed by atoms with Crippen LogP contribution in [0.3, 0.4) is 0 Å². The Bertz CT molecular complexity index is 4910. The van der Waals surface area contributed by atoms with E-state index in [1.807, 2.05) is 0 Å². The van der Waals surface area contributed by atoms with Crippen molar-refractivity contribution in [1.82, 2.24) is 0 Å². The summed E-state index contributed by atoms with van der Waals surface area (Å²) in [6.07, 6.45) is 0. The van der Waals surface area contributed by atoms with Crippen LogP contribution in [-0.4, -0.2) is 6.71 Å². The van der Waals surface area contributed by atoms with Gasteiger partial charge in [0.15, 0.2) is 5.58 Å². The van der Waals surface area contributed by atoms with Crippen molar-refractivity contribution >= 4 is 96.2 Å². The van der Waals surface area contributed by atoms with E-state index in [-0.39, 0.29) is 23.0 Å². The third-order valence-corrected chi connectivity index (χ3v) is 19.2. The fourth-order valence-electron chi connectivity index (χ4n) is 14.6. The molecule has 0 fully saturated rings. The second-order valence-electron chi connectivity index (χ2n) is 26.9. The molecule has 4 nitrogen and oxygen atoms in total. The van der Waals surface area contributed by atoms with Gasteiger partial charge in [-0.1, -0.05) is 243 Å². The normalized spacial score (nSPS) is 13.7. The highest BCUT2D eigenvalue weighted by atomic mass is 16.3. The highest BCUT2D eigenvalue weighted by Crippen LogP contribution is 2.53. The Kier molecular flexibility index (Phi) is 12.1. The summed E-state index contributed by atoms with van der Waals surface area (Å²) in [6, 6.07) is 99.8. The van der Waals surface area contributed by atoms with Crippen molar-refractivity contribution in [3.05, 3.63) is 289 Å². The van der Waals surface area contributed by atoms with Crippen LogP contribution in [0.2, 0.25) is 0 Å². The number of hydrogen-bond acceptors (Lipinski definition) is 4. The monoisotopic (exact) mass is 1130 g/mol. The van der Waals surface area contributed by atoms with Crippen molar-refractivity contribution in [1.29, 1.82) is 0 Å². The first-order chi connectivity index (χ1) is 42.7. The van der Waals surface area contributed by atoms with Crippen molar-refractivity contribution in [3.63, 3.8) is 0 Å². The Morgan fingerprint density at radius 2 is 0.966 bits per heavy atom. The van der Waals surface area contributed by atoms with E-state index in [2.05, 4.69) is 337 Å². The minimum Gasteiger partial charge on any atom is -0.454 e. The largest absolute Gasteiger partial charge is 0.454 e. The Labute approximate surface area is 517 Å². The van der Waals surface area contributed by atoms with Crippen molar-refractivity contribution in [2.24, 2.45) is 0 Å². The number of hydrogen-bond donors (Lipinski definition) is 0. The molecule has 1 aliphatic carbocycles. The predicted octanol–water partition coefficient (Wildman–Crippen LogP) is 21.0. The van der Waals surface area contributed by atoms with E-state index >= 15 is 0 Å². The number of benzene rings is 12. The second kappa shape index (κ2) is 20.0. The first kappa shape index (κ1) is 53.4. The van der Waals surface area contributed by atoms with E-state index in [4.69, 9.17) is 4.42 Å². The standard InChI is InChI=1S/C83H68BN3O/c1-81(2,3)58-38-42-60(43-39-58)85(72-31-19-16-26-63(72)55-24-13-10-14-25-55)62-44-46-70-75(52-62)86(61-40-34-54(35-41-61)56-36-45-65-64-27-15-18-30-68(64)83(7,8)69(65)48-56)76-50-59(82(4,5)6)51-77-79(76)84(70)71-49-57(53-22-11-9-12-23-53)37-47-73(71)87(77)74-32-21-29-67-66-28-17-20-33-78(66)88-80(67)74/h9-52H,1-8H3. The molecule has 3 heterocycles. The van der Waals surface area contributed by atoms with Crippen LogP contribution in [0.1, 0.15) is 77.6 Å². The number of nitrogens with zero attached hydrogens (tertiary/aromatic N) is 3. The lowest BCUT2D eigenvalue weighted by Gasteiger charge is -2.45. The lowest BCUT2D eigenvalue weighted by molar-refractivity contribution is 0.590. The Hall–Kier alpha value is -10.1. The number of fused-ring (bicyclic) bond motifs is 10. The molecule has 3 aliphatic rings. The summed E-state index contributed by atoms with van der Waals surface area (Å²) in [7, 11) is 0. The van der Waals surface area contributed by atoms with Crippen LogP contribution in [0.5, 0.6) is 0 Å². The zero-order valence-corrected chi connectivity index (χ0v) is 51.2. The highest BCUT2D eigenvalue weighted by molar-refractivity contribution is 7.00. The average Bonchev–Trinajstić information content (AvgIpc) is 0.815. The maximum absolute atomic E-state index is 7.01. The van der Waals surface area contributed by atoms with Crippen molar-refractivity contribution < 1.29 is 4.42 Å². The molecule has 0 atom stereocenters. The molecular formula is C83H68BN3O. The van der Waals surface area contributed by atoms with Crippen molar-refractivity contribution in [2.75, 3.05) is 14.7 Å². The minimum atomic E-state index is -0.231. The molecule has 13 aromatic rings. The van der Waals surface area contributed by atoms with E-state index in [1.54, 1.807) is 0 Å². The van der Waals surface area contributed by atoms with Gasteiger partial charge in [-0.3, -0.25) is 0 Å². The third-order valence-electron chi connectivity index (χ3n) is 19.2. The lowest BCUT2D eigenvalue weighted by atomic mass is 9.33. The quantitative estimate of drug-likeness (QED) is 0.141. The van der Waals surface area contributed by atoms with Gasteiger partial charge in [0.05, 0.1) is 11.4 Å². The lowest BCUT2D eigenvalue weighted by Crippen LogP contribution is -2.61. The van der Waals surface area contributed by atoms with Gasteiger partial charge in [-0.2, -0.15) is 0 Å². The summed E-state index contributed by atoms with van der Waals surface area (Å²) in [5.74, 6) is 0. The highest BCUT2D eigenvalue weighted by Gasteiger charge is 2.45. The number of furan rings is 1. The van der Waals surface area contributed by atoms with Crippen LogP contribution in [-0.2, 0) is 16.2 Å². The van der Waals surface area contributed by atoms with Crippen LogP contribution in [0, 0.1) is 0 Å². The SMILES string of the molecule is CC(C)(C)c1ccc(N(c2ccc3c(c2)N(c2ccc(-c4ccc5c(c4)C(C)(C)c4ccccc4-5)cc2)c2cc(C(C)(C)C)cc4c2B3c2cc(-c3ccccc3)ccc2N4c2cccc3c2oc2ccccc23)c2ccccc2-c2ccccc2)cc1. The maximum Gasteiger partial charge on any atom is 0.252 e. The van der Waals surface area contributed by atoms with Crippen molar-refractivity contribution in [2.45, 2.75) is 71.6 Å². The summed E-state index contributed by atoms with van der Waals surface area (Å²) < 4.78 is 7.01. The molecule has 12 aromatic carbocycles. The molecule has 0 saturated heterocycles. The van der Waals surface area contributed by atoms with Gasteiger partial charge in [0.25, 0.3) is 6.71 Å². The number of rotatable bonds is 8. The molecule has 88 heavy (non-hydrogen) atoms. The van der Waals surface area contributed by atoms with E-state index in [9.17, 15) is 0 Å². The van der Waals surface area contributed by atoms with Crippen LogP contribution < -0.4 is 31.1 Å². The van der Waals surface area contributed by atoms with Gasteiger partial charge >= 0.3 is 0 Å². The fraction of sp³-hybridized carbons (Fsp3) is 0.133. The molecule has 0 bridgehead atoms. The van der Waals surface area contributed by atoms with Gasteiger partial charge in [0.2, 0.25) is 0 Å². The zero-order chi connectivity index (χ0) is 59.8. The first-order valence-electron chi connectivity index (χ1n) is 31.1. The van der Waals surface area contributed by atoms with Gasteiger partial charge in [-0.25, -0.2) is 0 Å². The van der Waals surface area contributed by atoms with Crippen LogP contribution in [0.15, 0.2) is 271 Å². The van der Waals surface area contributed by atoms with Crippen molar-refractivity contribution in [3.8, 4) is 44.5 Å². The molecule has 2 aliphatic heterocycles. The van der Waals surface area contributed by atoms with Crippen LogP contribution in [0.25, 0.3) is 66.4 Å². The molecule has 0 radical (unpaired) electrons. The molecule has 1 aromatic heterocycles. The van der Waals surface area contributed by atoms with E-state index in [0.29, 0.717) is 0 Å². The summed E-state index contributed by atoms with van der Waals surface area (Å²) in [4.78, 5) is 7.59. The molecule has 16 rings (SSSR count). The molecule has 0 saturated carbocycles. The van der Waals surface area contributed by atoms with Gasteiger partial charge in [-0.05, 0) is 167 Å². The van der Waals surface area contributed by atoms with Gasteiger partial charge in [0, 0.05) is 61.6 Å². The van der Waals surface area contributed by atoms with Gasteiger partial charge < -0.3 is 19.1 Å². The Morgan fingerprint density at radius 1 is 0.375 bits per heavy atom. The molecule has 5 heteroatoms. The van der Waals surface area contributed by atoms with E-state index < -0.39 is 0 Å². The summed E-state index contributed by atoms with van der Waals surface area (Å²) >= 11 is 0. The second-order valence-corrected chi connectivity index (χ2v) is 26.9. The number of para-hydroxylation sites is 3. The van der Waals surface area contributed by atoms with Gasteiger partial charge in [-0.15, -0.1) is 0 Å². The van der Waals surface area contributed by atoms with Crippen LogP contribution in [0.4, 0.5) is 51.2 Å². The Balaban J connectivity index is 0.966. The summed E-state index contributed by atoms with van der Waals surface area (Å²) in [5, 5.41) is 2.21. The number of anilines is 9. The topological polar surface area (TPSA) is 22.9 Å². The smallest absolute Gasteiger partial charge is 0.252 e. The fourth-order valence-corrected chi connectivity index (χ4v) is 14.6.